The van der Waals surface area contributed by atoms with E-state index in [0.29, 0.717) is 25.2 Å². The van der Waals surface area contributed by atoms with Crippen LogP contribution in [-0.2, 0) is 14.3 Å². The Balaban J connectivity index is 1.20. The van der Waals surface area contributed by atoms with Crippen molar-refractivity contribution in [2.75, 3.05) is 25.1 Å². The number of amides is 1. The molecule has 1 aromatic rings. The van der Waals surface area contributed by atoms with Crippen molar-refractivity contribution in [3.05, 3.63) is 17.6 Å². The molecule has 148 valence electrons. The minimum absolute atomic E-state index is 0.0398. The van der Waals surface area contributed by atoms with Gasteiger partial charge in [0.1, 0.15) is 11.6 Å². The molecule has 7 heteroatoms. The summed E-state index contributed by atoms with van der Waals surface area (Å²) in [5.74, 6) is 2.41. The van der Waals surface area contributed by atoms with E-state index in [1.54, 1.807) is 0 Å². The Morgan fingerprint density at radius 2 is 2.11 bits per heavy atom. The highest BCUT2D eigenvalue weighted by Crippen LogP contribution is 2.38. The van der Waals surface area contributed by atoms with Gasteiger partial charge in [-0.05, 0) is 46.0 Å². The Morgan fingerprint density at radius 1 is 1.30 bits per heavy atom. The number of nitrogens with one attached hydrogen (secondary N) is 2. The fourth-order valence-corrected chi connectivity index (χ4v) is 3.83. The van der Waals surface area contributed by atoms with E-state index in [1.807, 2.05) is 19.9 Å². The monoisotopic (exact) mass is 374 g/mol. The molecule has 27 heavy (non-hydrogen) atoms. The van der Waals surface area contributed by atoms with Crippen LogP contribution in [0.15, 0.2) is 6.07 Å². The van der Waals surface area contributed by atoms with Gasteiger partial charge in [-0.3, -0.25) is 4.79 Å². The van der Waals surface area contributed by atoms with Crippen LogP contribution in [0.4, 0.5) is 5.82 Å². The van der Waals surface area contributed by atoms with Crippen molar-refractivity contribution >= 4 is 11.7 Å². The van der Waals surface area contributed by atoms with Gasteiger partial charge < -0.3 is 20.1 Å². The largest absolute Gasteiger partial charge is 0.378 e. The molecule has 1 amide bonds. The predicted octanol–water partition coefficient (Wildman–Crippen LogP) is 2.16. The van der Waals surface area contributed by atoms with Gasteiger partial charge in [0.25, 0.3) is 0 Å². The highest BCUT2D eigenvalue weighted by atomic mass is 16.5. The van der Waals surface area contributed by atoms with Crippen LogP contribution in [0.1, 0.15) is 56.5 Å². The third kappa shape index (κ3) is 4.76. The topological polar surface area (TPSA) is 85.4 Å². The zero-order valence-corrected chi connectivity index (χ0v) is 16.2. The molecule has 2 heterocycles. The Morgan fingerprint density at radius 3 is 2.85 bits per heavy atom. The first-order valence-corrected chi connectivity index (χ1v) is 10.2. The molecule has 1 saturated heterocycles. The second-order valence-electron chi connectivity index (χ2n) is 8.05. The molecule has 0 radical (unpaired) electrons. The Labute approximate surface area is 160 Å². The number of carbonyl (C=O) groups excluding carboxylic acids is 1. The van der Waals surface area contributed by atoms with Crippen LogP contribution in [0.3, 0.4) is 0 Å². The minimum atomic E-state index is -0.0582. The van der Waals surface area contributed by atoms with E-state index in [2.05, 4.69) is 20.6 Å². The fourth-order valence-electron chi connectivity index (χ4n) is 3.83. The summed E-state index contributed by atoms with van der Waals surface area (Å²) in [6.45, 7) is 5.91. The molecule has 0 unspecified atom stereocenters. The van der Waals surface area contributed by atoms with Crippen LogP contribution in [0.2, 0.25) is 0 Å². The van der Waals surface area contributed by atoms with E-state index in [-0.39, 0.29) is 24.0 Å². The molecule has 2 N–H and O–H groups in total. The SMILES string of the molecule is CCOC1CC(NC(=O)[C@@H]2CO[C@H](CNc3cc(C)nc(C4CC4)n3)C2)C1. The van der Waals surface area contributed by atoms with Gasteiger partial charge in [-0.1, -0.05) is 0 Å². The summed E-state index contributed by atoms with van der Waals surface area (Å²) >= 11 is 0. The van der Waals surface area contributed by atoms with E-state index in [0.717, 1.165) is 43.2 Å². The molecule has 3 aliphatic rings. The van der Waals surface area contributed by atoms with E-state index in [1.165, 1.54) is 12.8 Å². The molecule has 1 aromatic heterocycles. The third-order valence-corrected chi connectivity index (χ3v) is 5.62. The fraction of sp³-hybridized carbons (Fsp3) is 0.750. The van der Waals surface area contributed by atoms with Crippen molar-refractivity contribution in [1.82, 2.24) is 15.3 Å². The zero-order valence-electron chi connectivity index (χ0n) is 16.2. The molecule has 4 rings (SSSR count). The lowest BCUT2D eigenvalue weighted by Gasteiger charge is -2.35. The molecule has 7 nitrogen and oxygen atoms in total. The number of ether oxygens (including phenoxy) is 2. The van der Waals surface area contributed by atoms with E-state index >= 15 is 0 Å². The summed E-state index contributed by atoms with van der Waals surface area (Å²) in [6.07, 6.45) is 5.34. The molecule has 1 aliphatic heterocycles. The Bertz CT molecular complexity index is 673. The number of carbonyl (C=O) groups is 1. The maximum Gasteiger partial charge on any atom is 0.225 e. The normalized spacial score (nSPS) is 30.0. The van der Waals surface area contributed by atoms with Crippen molar-refractivity contribution in [2.45, 2.75) is 70.1 Å². The number of nitrogens with zero attached hydrogens (tertiary/aromatic N) is 2. The third-order valence-electron chi connectivity index (χ3n) is 5.62. The summed E-state index contributed by atoms with van der Waals surface area (Å²) in [6, 6.07) is 2.23. The predicted molar refractivity (Wildman–Crippen MR) is 102 cm³/mol. The van der Waals surface area contributed by atoms with Crippen LogP contribution < -0.4 is 10.6 Å². The summed E-state index contributed by atoms with van der Waals surface area (Å²) in [4.78, 5) is 21.6. The molecular formula is C20H30N4O3. The standard InChI is InChI=1S/C20H30N4O3/c1-3-26-16-8-15(9-16)23-20(25)14-7-17(27-11-14)10-21-18-6-12(2)22-19(24-18)13-4-5-13/h6,13-17H,3-5,7-11H2,1-2H3,(H,23,25)(H,21,22,24)/t14-,15?,16?,17-/m0/s1. The van der Waals surface area contributed by atoms with Gasteiger partial charge in [0, 0.05) is 36.9 Å². The number of hydrogen-bond donors (Lipinski definition) is 2. The van der Waals surface area contributed by atoms with Gasteiger partial charge >= 0.3 is 0 Å². The van der Waals surface area contributed by atoms with Crippen LogP contribution in [-0.4, -0.2) is 53.9 Å². The first-order chi connectivity index (χ1) is 13.1. The molecule has 0 bridgehead atoms. The second kappa shape index (κ2) is 8.10. The lowest BCUT2D eigenvalue weighted by Crippen LogP contribution is -2.49. The van der Waals surface area contributed by atoms with Crippen LogP contribution >= 0.6 is 0 Å². The summed E-state index contributed by atoms with van der Waals surface area (Å²) in [5.41, 5.74) is 0.991. The molecule has 0 spiro atoms. The van der Waals surface area contributed by atoms with E-state index < -0.39 is 0 Å². The molecule has 2 saturated carbocycles. The number of aryl methyl sites for hydroxylation is 1. The van der Waals surface area contributed by atoms with E-state index in [4.69, 9.17) is 9.47 Å². The molecule has 0 aromatic carbocycles. The molecule has 3 fully saturated rings. The van der Waals surface area contributed by atoms with Crippen molar-refractivity contribution < 1.29 is 14.3 Å². The van der Waals surface area contributed by atoms with E-state index in [9.17, 15) is 4.79 Å². The maximum atomic E-state index is 12.4. The van der Waals surface area contributed by atoms with Gasteiger partial charge in [-0.15, -0.1) is 0 Å². The van der Waals surface area contributed by atoms with Gasteiger partial charge in [-0.2, -0.15) is 0 Å². The Kier molecular flexibility index (Phi) is 5.59. The number of aromatic nitrogens is 2. The smallest absolute Gasteiger partial charge is 0.225 e. The highest BCUT2D eigenvalue weighted by Gasteiger charge is 2.35. The second-order valence-corrected chi connectivity index (χ2v) is 8.05. The minimum Gasteiger partial charge on any atom is -0.378 e. The Hall–Kier alpha value is -1.73. The number of rotatable bonds is 8. The van der Waals surface area contributed by atoms with Gasteiger partial charge in [0.2, 0.25) is 5.91 Å². The summed E-state index contributed by atoms with van der Waals surface area (Å²) < 4.78 is 11.4. The molecular weight excluding hydrogens is 344 g/mol. The van der Waals surface area contributed by atoms with Crippen molar-refractivity contribution in [3.8, 4) is 0 Å². The average Bonchev–Trinajstić information content (AvgIpc) is 3.36. The molecule has 2 aliphatic carbocycles. The van der Waals surface area contributed by atoms with Gasteiger partial charge in [0.15, 0.2) is 0 Å². The molecule has 2 atom stereocenters. The van der Waals surface area contributed by atoms with Crippen molar-refractivity contribution in [1.29, 1.82) is 0 Å². The first-order valence-electron chi connectivity index (χ1n) is 10.2. The lowest BCUT2D eigenvalue weighted by atomic mass is 9.88. The highest BCUT2D eigenvalue weighted by molar-refractivity contribution is 5.79. The number of hydrogen-bond acceptors (Lipinski definition) is 6. The maximum absolute atomic E-state index is 12.4. The zero-order chi connectivity index (χ0) is 18.8. The summed E-state index contributed by atoms with van der Waals surface area (Å²) in [7, 11) is 0. The van der Waals surface area contributed by atoms with Crippen LogP contribution in [0.5, 0.6) is 0 Å². The van der Waals surface area contributed by atoms with Gasteiger partial charge in [0.05, 0.1) is 24.7 Å². The summed E-state index contributed by atoms with van der Waals surface area (Å²) in [5, 5.41) is 6.50. The van der Waals surface area contributed by atoms with Crippen molar-refractivity contribution in [2.24, 2.45) is 5.92 Å². The van der Waals surface area contributed by atoms with Crippen molar-refractivity contribution in [3.63, 3.8) is 0 Å². The lowest BCUT2D eigenvalue weighted by molar-refractivity contribution is -0.127. The number of anilines is 1. The van der Waals surface area contributed by atoms with Gasteiger partial charge in [-0.25, -0.2) is 9.97 Å². The van der Waals surface area contributed by atoms with Crippen LogP contribution in [0.25, 0.3) is 0 Å². The average molecular weight is 374 g/mol. The van der Waals surface area contributed by atoms with Crippen LogP contribution in [0, 0.1) is 12.8 Å². The first kappa shape index (κ1) is 18.6. The quantitative estimate of drug-likeness (QED) is 0.725.